The molecule has 0 unspecified atom stereocenters. The number of halogens is 2. The van der Waals surface area contributed by atoms with E-state index in [4.69, 9.17) is 4.74 Å². The average molecular weight is 282 g/mol. The number of rotatable bonds is 6. The van der Waals surface area contributed by atoms with Crippen LogP contribution >= 0.6 is 0 Å². The van der Waals surface area contributed by atoms with Crippen LogP contribution in [0.4, 0.5) is 8.78 Å². The summed E-state index contributed by atoms with van der Waals surface area (Å²) < 4.78 is 31.6. The molecule has 1 N–H and O–H groups in total. The predicted molar refractivity (Wildman–Crippen MR) is 69.5 cm³/mol. The van der Waals surface area contributed by atoms with E-state index in [1.165, 1.54) is 12.4 Å². The quantitative estimate of drug-likeness (QED) is 0.884. The number of hydrogen-bond donors (Lipinski definition) is 1. The molecule has 1 atom stereocenters. The Bertz CT molecular complexity index is 558. The van der Waals surface area contributed by atoms with Gasteiger partial charge in [0.25, 0.3) is 0 Å². The minimum absolute atomic E-state index is 0.0786. The maximum absolute atomic E-state index is 12.7. The Morgan fingerprint density at radius 1 is 1.35 bits per heavy atom. The lowest BCUT2D eigenvalue weighted by Gasteiger charge is -2.15. The number of nitrogens with zero attached hydrogens (tertiary/aromatic N) is 2. The Kier molecular flexibility index (Phi) is 4.68. The van der Waals surface area contributed by atoms with Crippen LogP contribution in [0.1, 0.15) is 37.4 Å². The fourth-order valence-corrected chi connectivity index (χ4v) is 1.88. The molecule has 0 amide bonds. The van der Waals surface area contributed by atoms with Gasteiger partial charge in [0.15, 0.2) is 5.82 Å². The van der Waals surface area contributed by atoms with Gasteiger partial charge in [-0.1, -0.05) is 25.1 Å². The van der Waals surface area contributed by atoms with E-state index in [0.29, 0.717) is 17.7 Å². The van der Waals surface area contributed by atoms with Crippen LogP contribution in [0.5, 0.6) is 5.75 Å². The van der Waals surface area contributed by atoms with Gasteiger partial charge in [0, 0.05) is 18.0 Å². The molecule has 1 heterocycles. The highest BCUT2D eigenvalue weighted by Crippen LogP contribution is 2.27. The summed E-state index contributed by atoms with van der Waals surface area (Å²) in [6.45, 7) is -0.872. The maximum atomic E-state index is 12.7. The number of aliphatic hydroxyl groups excluding tert-OH is 1. The molecule has 0 aliphatic heterocycles. The van der Waals surface area contributed by atoms with E-state index in [9.17, 15) is 13.9 Å². The number of imidazole rings is 1. The van der Waals surface area contributed by atoms with Crippen molar-refractivity contribution in [2.24, 2.45) is 0 Å². The van der Waals surface area contributed by atoms with Gasteiger partial charge in [-0.05, 0) is 12.5 Å². The van der Waals surface area contributed by atoms with Crippen molar-refractivity contribution in [3.63, 3.8) is 0 Å². The molecule has 0 aliphatic carbocycles. The zero-order valence-corrected chi connectivity index (χ0v) is 11.0. The van der Waals surface area contributed by atoms with Gasteiger partial charge in [0.1, 0.15) is 12.4 Å². The van der Waals surface area contributed by atoms with Gasteiger partial charge in [0.05, 0.1) is 6.10 Å². The van der Waals surface area contributed by atoms with E-state index in [2.05, 4.69) is 4.98 Å². The first-order chi connectivity index (χ1) is 9.63. The molecule has 0 bridgehead atoms. The minimum Gasteiger partial charge on any atom is -0.485 e. The Morgan fingerprint density at radius 3 is 2.80 bits per heavy atom. The molecule has 0 saturated carbocycles. The maximum Gasteiger partial charge on any atom is 0.320 e. The summed E-state index contributed by atoms with van der Waals surface area (Å²) in [5, 5.41) is 9.89. The normalized spacial score (nSPS) is 12.7. The molecule has 2 aromatic rings. The number of para-hydroxylation sites is 1. The molecular weight excluding hydrogens is 266 g/mol. The molecule has 2 rings (SSSR count). The van der Waals surface area contributed by atoms with Crippen molar-refractivity contribution in [1.82, 2.24) is 9.55 Å². The van der Waals surface area contributed by atoms with Crippen LogP contribution in [-0.2, 0) is 6.61 Å². The summed E-state index contributed by atoms with van der Waals surface area (Å²) in [5.74, 6) is 0.617. The lowest BCUT2D eigenvalue weighted by atomic mass is 10.1. The summed E-state index contributed by atoms with van der Waals surface area (Å²) in [7, 11) is 0. The van der Waals surface area contributed by atoms with Crippen LogP contribution in [-0.4, -0.2) is 14.7 Å². The van der Waals surface area contributed by atoms with E-state index in [1.807, 2.05) is 6.92 Å². The summed E-state index contributed by atoms with van der Waals surface area (Å²) in [6.07, 6.45) is 2.42. The van der Waals surface area contributed by atoms with Gasteiger partial charge in [-0.3, -0.25) is 4.57 Å². The first-order valence-electron chi connectivity index (χ1n) is 6.33. The van der Waals surface area contributed by atoms with E-state index in [-0.39, 0.29) is 12.4 Å². The molecule has 4 nitrogen and oxygen atoms in total. The van der Waals surface area contributed by atoms with E-state index in [1.54, 1.807) is 24.3 Å². The molecule has 0 saturated heterocycles. The molecule has 20 heavy (non-hydrogen) atoms. The number of benzene rings is 1. The highest BCUT2D eigenvalue weighted by molar-refractivity contribution is 5.35. The van der Waals surface area contributed by atoms with Gasteiger partial charge in [-0.2, -0.15) is 8.78 Å². The van der Waals surface area contributed by atoms with Crippen molar-refractivity contribution in [3.8, 4) is 5.75 Å². The monoisotopic (exact) mass is 282 g/mol. The Balaban J connectivity index is 2.13. The van der Waals surface area contributed by atoms with Crippen LogP contribution in [0.25, 0.3) is 0 Å². The van der Waals surface area contributed by atoms with Crippen LogP contribution in [0.3, 0.4) is 0 Å². The van der Waals surface area contributed by atoms with Crippen LogP contribution in [0.15, 0.2) is 36.7 Å². The van der Waals surface area contributed by atoms with Gasteiger partial charge < -0.3 is 9.84 Å². The third kappa shape index (κ3) is 3.14. The number of hydrogen-bond acceptors (Lipinski definition) is 3. The first kappa shape index (κ1) is 14.5. The molecule has 1 aromatic carbocycles. The molecule has 1 aromatic heterocycles. The molecule has 0 spiro atoms. The fraction of sp³-hybridized carbons (Fsp3) is 0.357. The lowest BCUT2D eigenvalue weighted by molar-refractivity contribution is 0.0630. The van der Waals surface area contributed by atoms with Crippen LogP contribution in [0.2, 0.25) is 0 Å². The van der Waals surface area contributed by atoms with Crippen molar-refractivity contribution in [3.05, 3.63) is 48.0 Å². The Morgan fingerprint density at radius 2 is 2.10 bits per heavy atom. The summed E-state index contributed by atoms with van der Waals surface area (Å²) >= 11 is 0. The van der Waals surface area contributed by atoms with Gasteiger partial charge in [-0.25, -0.2) is 4.98 Å². The second kappa shape index (κ2) is 6.47. The fourth-order valence-electron chi connectivity index (χ4n) is 1.88. The Labute approximate surface area is 115 Å². The molecule has 6 heteroatoms. The van der Waals surface area contributed by atoms with Crippen molar-refractivity contribution in [2.45, 2.75) is 32.6 Å². The third-order valence-corrected chi connectivity index (χ3v) is 2.98. The molecule has 0 fully saturated rings. The van der Waals surface area contributed by atoms with E-state index < -0.39 is 12.7 Å². The average Bonchev–Trinajstić information content (AvgIpc) is 2.93. The summed E-state index contributed by atoms with van der Waals surface area (Å²) in [4.78, 5) is 3.84. The third-order valence-electron chi connectivity index (χ3n) is 2.98. The topological polar surface area (TPSA) is 47.3 Å². The van der Waals surface area contributed by atoms with E-state index in [0.717, 1.165) is 4.57 Å². The van der Waals surface area contributed by atoms with Gasteiger partial charge in [0.2, 0.25) is 0 Å². The number of aromatic nitrogens is 2. The van der Waals surface area contributed by atoms with E-state index >= 15 is 0 Å². The van der Waals surface area contributed by atoms with Crippen LogP contribution < -0.4 is 4.74 Å². The first-order valence-corrected chi connectivity index (χ1v) is 6.33. The van der Waals surface area contributed by atoms with Crippen molar-refractivity contribution < 1.29 is 18.6 Å². The highest BCUT2D eigenvalue weighted by atomic mass is 19.3. The number of aliphatic hydroxyl groups is 1. The Hall–Kier alpha value is -1.95. The SMILES string of the molecule is CC[C@@H](O)c1ccccc1OCc1nccn1C(F)F. The zero-order chi connectivity index (χ0) is 14.5. The number of alkyl halides is 2. The predicted octanol–water partition coefficient (Wildman–Crippen LogP) is 3.30. The van der Waals surface area contributed by atoms with Crippen molar-refractivity contribution >= 4 is 0 Å². The zero-order valence-electron chi connectivity index (χ0n) is 11.0. The molecule has 108 valence electrons. The second-order valence-electron chi connectivity index (χ2n) is 4.28. The van der Waals surface area contributed by atoms with Crippen molar-refractivity contribution in [2.75, 3.05) is 0 Å². The van der Waals surface area contributed by atoms with Crippen molar-refractivity contribution in [1.29, 1.82) is 0 Å². The van der Waals surface area contributed by atoms with Gasteiger partial charge >= 0.3 is 6.55 Å². The molecule has 0 aliphatic rings. The molecule has 0 radical (unpaired) electrons. The standard InChI is InChI=1S/C14H16F2N2O2/c1-2-11(19)10-5-3-4-6-12(10)20-9-13-17-7-8-18(13)14(15)16/h3-8,11,14,19H,2,9H2,1H3/t11-/m1/s1. The highest BCUT2D eigenvalue weighted by Gasteiger charge is 2.14. The molecular formula is C14H16F2N2O2. The number of ether oxygens (including phenoxy) is 1. The summed E-state index contributed by atoms with van der Waals surface area (Å²) in [6, 6.07) is 7.01. The largest absolute Gasteiger partial charge is 0.485 e. The second-order valence-corrected chi connectivity index (χ2v) is 4.28. The lowest BCUT2D eigenvalue weighted by Crippen LogP contribution is -2.08. The minimum atomic E-state index is -2.65. The van der Waals surface area contributed by atoms with Crippen LogP contribution in [0, 0.1) is 0 Å². The smallest absolute Gasteiger partial charge is 0.320 e. The summed E-state index contributed by atoms with van der Waals surface area (Å²) in [5.41, 5.74) is 0.644. The van der Waals surface area contributed by atoms with Gasteiger partial charge in [-0.15, -0.1) is 0 Å².